The number of nitrogens with two attached hydrogens (primary N) is 1. The van der Waals surface area contributed by atoms with Crippen LogP contribution in [0.25, 0.3) is 0 Å². The highest BCUT2D eigenvalue weighted by atomic mass is 16.2. The van der Waals surface area contributed by atoms with Crippen LogP contribution in [0.2, 0.25) is 0 Å². The monoisotopic (exact) mass is 277 g/mol. The van der Waals surface area contributed by atoms with Gasteiger partial charge < -0.3 is 11.1 Å². The van der Waals surface area contributed by atoms with Crippen LogP contribution in [0.15, 0.2) is 18.2 Å². The molecule has 3 N–H and O–H groups in total. The Morgan fingerprint density at radius 2 is 1.95 bits per heavy atom. The van der Waals surface area contributed by atoms with Crippen LogP contribution in [-0.2, 0) is 11.3 Å². The van der Waals surface area contributed by atoms with Crippen molar-refractivity contribution in [2.75, 3.05) is 6.54 Å². The Kier molecular flexibility index (Phi) is 6.65. The second-order valence-electron chi connectivity index (χ2n) is 5.44. The minimum atomic E-state index is -0.423. The molecule has 1 aromatic rings. The molecule has 0 unspecified atom stereocenters. The van der Waals surface area contributed by atoms with Gasteiger partial charge >= 0.3 is 0 Å². The maximum absolute atomic E-state index is 12.5. The van der Waals surface area contributed by atoms with Gasteiger partial charge in [0, 0.05) is 12.2 Å². The molecule has 0 radical (unpaired) electrons. The smallest absolute Gasteiger partial charge is 0.227 e. The van der Waals surface area contributed by atoms with E-state index >= 15 is 0 Å². The second kappa shape index (κ2) is 8.00. The SMILES string of the molecule is CCCC(CN)(CCC)C(=O)NCc1cccc(C)n1. The van der Waals surface area contributed by atoms with Gasteiger partial charge in [-0.05, 0) is 31.9 Å². The van der Waals surface area contributed by atoms with E-state index in [-0.39, 0.29) is 5.91 Å². The number of carbonyl (C=O) groups excluding carboxylic acids is 1. The molecule has 1 amide bonds. The van der Waals surface area contributed by atoms with Crippen LogP contribution in [0.5, 0.6) is 0 Å². The standard InChI is InChI=1S/C16H27N3O/c1-4-9-16(12-17,10-5-2)15(20)18-11-14-8-6-7-13(3)19-14/h6-8H,4-5,9-12,17H2,1-3H3,(H,18,20). The molecule has 0 aliphatic rings. The summed E-state index contributed by atoms with van der Waals surface area (Å²) in [6.45, 7) is 7.01. The van der Waals surface area contributed by atoms with Crippen molar-refractivity contribution < 1.29 is 4.79 Å². The third kappa shape index (κ3) is 4.30. The van der Waals surface area contributed by atoms with Crippen LogP contribution in [0.1, 0.15) is 50.9 Å². The molecular weight excluding hydrogens is 250 g/mol. The van der Waals surface area contributed by atoms with Crippen LogP contribution < -0.4 is 11.1 Å². The van der Waals surface area contributed by atoms with E-state index in [1.54, 1.807) is 0 Å². The Labute approximate surface area is 122 Å². The summed E-state index contributed by atoms with van der Waals surface area (Å²) in [4.78, 5) is 16.9. The van der Waals surface area contributed by atoms with E-state index in [0.717, 1.165) is 37.1 Å². The molecule has 1 heterocycles. The van der Waals surface area contributed by atoms with Crippen molar-refractivity contribution in [3.8, 4) is 0 Å². The second-order valence-corrected chi connectivity index (χ2v) is 5.44. The van der Waals surface area contributed by atoms with Crippen LogP contribution >= 0.6 is 0 Å². The molecule has 0 aliphatic heterocycles. The number of rotatable bonds is 8. The maximum atomic E-state index is 12.5. The average Bonchev–Trinajstić information content (AvgIpc) is 2.44. The number of aryl methyl sites for hydroxylation is 1. The average molecular weight is 277 g/mol. The number of pyridine rings is 1. The van der Waals surface area contributed by atoms with Crippen molar-refractivity contribution in [1.82, 2.24) is 10.3 Å². The fourth-order valence-corrected chi connectivity index (χ4v) is 2.66. The van der Waals surface area contributed by atoms with Crippen molar-refractivity contribution in [2.24, 2.45) is 11.1 Å². The Balaban J connectivity index is 2.71. The summed E-state index contributed by atoms with van der Waals surface area (Å²) < 4.78 is 0. The first-order chi connectivity index (χ1) is 9.57. The normalized spacial score (nSPS) is 11.4. The summed E-state index contributed by atoms with van der Waals surface area (Å²) in [5.74, 6) is 0.0620. The van der Waals surface area contributed by atoms with E-state index in [1.807, 2.05) is 25.1 Å². The van der Waals surface area contributed by atoms with Crippen molar-refractivity contribution in [3.63, 3.8) is 0 Å². The summed E-state index contributed by atoms with van der Waals surface area (Å²) in [5, 5.41) is 3.01. The largest absolute Gasteiger partial charge is 0.350 e. The Morgan fingerprint density at radius 1 is 1.30 bits per heavy atom. The highest BCUT2D eigenvalue weighted by molar-refractivity contribution is 5.82. The van der Waals surface area contributed by atoms with E-state index in [0.29, 0.717) is 13.1 Å². The number of amides is 1. The highest BCUT2D eigenvalue weighted by Gasteiger charge is 2.34. The zero-order valence-corrected chi connectivity index (χ0v) is 12.9. The summed E-state index contributed by atoms with van der Waals surface area (Å²) in [5.41, 5.74) is 7.32. The Morgan fingerprint density at radius 3 is 2.45 bits per heavy atom. The minimum Gasteiger partial charge on any atom is -0.350 e. The van der Waals surface area contributed by atoms with Crippen LogP contribution in [0.3, 0.4) is 0 Å². The minimum absolute atomic E-state index is 0.0620. The van der Waals surface area contributed by atoms with Gasteiger partial charge in [0.05, 0.1) is 17.7 Å². The molecule has 0 fully saturated rings. The number of nitrogens with one attached hydrogen (secondary N) is 1. The first-order valence-electron chi connectivity index (χ1n) is 7.49. The van der Waals surface area contributed by atoms with Gasteiger partial charge in [-0.2, -0.15) is 0 Å². The fourth-order valence-electron chi connectivity index (χ4n) is 2.66. The van der Waals surface area contributed by atoms with E-state index in [2.05, 4.69) is 24.1 Å². The third-order valence-corrected chi connectivity index (χ3v) is 3.71. The van der Waals surface area contributed by atoms with Gasteiger partial charge in [-0.3, -0.25) is 9.78 Å². The van der Waals surface area contributed by atoms with Gasteiger partial charge in [-0.15, -0.1) is 0 Å². The first-order valence-corrected chi connectivity index (χ1v) is 7.49. The molecule has 0 saturated carbocycles. The van der Waals surface area contributed by atoms with Crippen molar-refractivity contribution in [3.05, 3.63) is 29.6 Å². The molecule has 4 nitrogen and oxygen atoms in total. The van der Waals surface area contributed by atoms with E-state index in [9.17, 15) is 4.79 Å². The van der Waals surface area contributed by atoms with Crippen LogP contribution in [0, 0.1) is 12.3 Å². The Bertz CT molecular complexity index is 425. The number of carbonyl (C=O) groups is 1. The van der Waals surface area contributed by atoms with Crippen molar-refractivity contribution in [1.29, 1.82) is 0 Å². The van der Waals surface area contributed by atoms with Gasteiger partial charge in [0.15, 0.2) is 0 Å². The zero-order valence-electron chi connectivity index (χ0n) is 12.9. The molecule has 0 atom stereocenters. The van der Waals surface area contributed by atoms with Gasteiger partial charge in [0.1, 0.15) is 0 Å². The summed E-state index contributed by atoms with van der Waals surface area (Å²) in [6.07, 6.45) is 3.61. The lowest BCUT2D eigenvalue weighted by Gasteiger charge is -2.30. The van der Waals surface area contributed by atoms with E-state index in [1.165, 1.54) is 0 Å². The van der Waals surface area contributed by atoms with Crippen LogP contribution in [-0.4, -0.2) is 17.4 Å². The molecule has 1 aromatic heterocycles. The fraction of sp³-hybridized carbons (Fsp3) is 0.625. The number of nitrogens with zero attached hydrogens (tertiary/aromatic N) is 1. The lowest BCUT2D eigenvalue weighted by atomic mass is 9.78. The molecule has 0 aromatic carbocycles. The van der Waals surface area contributed by atoms with E-state index in [4.69, 9.17) is 5.73 Å². The molecule has 0 bridgehead atoms. The van der Waals surface area contributed by atoms with Crippen LogP contribution in [0.4, 0.5) is 0 Å². The molecule has 0 aliphatic carbocycles. The first kappa shape index (κ1) is 16.6. The third-order valence-electron chi connectivity index (χ3n) is 3.71. The molecule has 112 valence electrons. The van der Waals surface area contributed by atoms with E-state index < -0.39 is 5.41 Å². The summed E-state index contributed by atoms with van der Waals surface area (Å²) >= 11 is 0. The van der Waals surface area contributed by atoms with Gasteiger partial charge in [0.2, 0.25) is 5.91 Å². The molecule has 1 rings (SSSR count). The number of aromatic nitrogens is 1. The topological polar surface area (TPSA) is 68.0 Å². The Hall–Kier alpha value is -1.42. The quantitative estimate of drug-likeness (QED) is 0.767. The summed E-state index contributed by atoms with van der Waals surface area (Å²) in [6, 6.07) is 5.83. The molecule has 0 saturated heterocycles. The number of hydrogen-bond acceptors (Lipinski definition) is 3. The molecule has 4 heteroatoms. The van der Waals surface area contributed by atoms with Gasteiger partial charge in [-0.25, -0.2) is 0 Å². The highest BCUT2D eigenvalue weighted by Crippen LogP contribution is 2.29. The molecular formula is C16H27N3O. The predicted octanol–water partition coefficient (Wildman–Crippen LogP) is 2.55. The summed E-state index contributed by atoms with van der Waals surface area (Å²) in [7, 11) is 0. The predicted molar refractivity (Wildman–Crippen MR) is 82.1 cm³/mol. The van der Waals surface area contributed by atoms with Crippen molar-refractivity contribution >= 4 is 5.91 Å². The molecule has 20 heavy (non-hydrogen) atoms. The lowest BCUT2D eigenvalue weighted by Crippen LogP contribution is -2.45. The lowest BCUT2D eigenvalue weighted by molar-refractivity contribution is -0.131. The number of hydrogen-bond donors (Lipinski definition) is 2. The van der Waals surface area contributed by atoms with Gasteiger partial charge in [0.25, 0.3) is 0 Å². The zero-order chi connectivity index (χ0) is 15.0. The van der Waals surface area contributed by atoms with Crippen molar-refractivity contribution in [2.45, 2.75) is 53.0 Å². The van der Waals surface area contributed by atoms with Gasteiger partial charge in [-0.1, -0.05) is 32.8 Å². The molecule has 0 spiro atoms. The maximum Gasteiger partial charge on any atom is 0.227 e.